The summed E-state index contributed by atoms with van der Waals surface area (Å²) in [6.45, 7) is 4.61. The highest BCUT2D eigenvalue weighted by Crippen LogP contribution is 2.10. The predicted octanol–water partition coefficient (Wildman–Crippen LogP) is 2.70. The van der Waals surface area contributed by atoms with Gasteiger partial charge in [-0.15, -0.1) is 0 Å². The van der Waals surface area contributed by atoms with E-state index < -0.39 is 0 Å². The van der Waals surface area contributed by atoms with Gasteiger partial charge in [0.2, 0.25) is 11.8 Å². The van der Waals surface area contributed by atoms with Gasteiger partial charge in [0.25, 0.3) is 0 Å². The fraction of sp³-hybridized carbons (Fsp3) is 0.300. The van der Waals surface area contributed by atoms with Gasteiger partial charge in [0.1, 0.15) is 0 Å². The summed E-state index contributed by atoms with van der Waals surface area (Å²) in [5.74, 6) is -0.230. The summed E-state index contributed by atoms with van der Waals surface area (Å²) >= 11 is 0. The zero-order valence-electron chi connectivity index (χ0n) is 14.3. The van der Waals surface area contributed by atoms with Crippen molar-refractivity contribution in [1.29, 1.82) is 0 Å². The molecule has 4 nitrogen and oxygen atoms in total. The molecular weight excluding hydrogens is 300 g/mol. The summed E-state index contributed by atoms with van der Waals surface area (Å²) in [4.78, 5) is 25.5. The van der Waals surface area contributed by atoms with Crippen LogP contribution in [0, 0.1) is 6.92 Å². The van der Waals surface area contributed by atoms with E-state index >= 15 is 0 Å². The third kappa shape index (κ3) is 5.54. The Hall–Kier alpha value is -2.62. The minimum atomic E-state index is -0.130. The number of nitrogens with one attached hydrogen (secondary N) is 1. The van der Waals surface area contributed by atoms with E-state index in [0.717, 1.165) is 17.5 Å². The predicted molar refractivity (Wildman–Crippen MR) is 95.4 cm³/mol. The van der Waals surface area contributed by atoms with Gasteiger partial charge in [-0.05, 0) is 30.0 Å². The molecule has 2 amide bonds. The molecule has 0 bridgehead atoms. The van der Waals surface area contributed by atoms with Crippen molar-refractivity contribution in [3.63, 3.8) is 0 Å². The maximum Gasteiger partial charge on any atom is 0.239 e. The van der Waals surface area contributed by atoms with Crippen LogP contribution >= 0.6 is 0 Å². The molecule has 0 aromatic heterocycles. The largest absolute Gasteiger partial charge is 0.354 e. The first-order valence-corrected chi connectivity index (χ1v) is 8.17. The molecule has 126 valence electrons. The van der Waals surface area contributed by atoms with E-state index in [-0.39, 0.29) is 18.4 Å². The van der Waals surface area contributed by atoms with E-state index in [4.69, 9.17) is 0 Å². The fourth-order valence-electron chi connectivity index (χ4n) is 2.49. The Morgan fingerprint density at radius 1 is 1.00 bits per heavy atom. The van der Waals surface area contributed by atoms with E-state index in [9.17, 15) is 9.59 Å². The van der Waals surface area contributed by atoms with Crippen LogP contribution in [0.5, 0.6) is 0 Å². The van der Waals surface area contributed by atoms with Crippen molar-refractivity contribution in [2.75, 3.05) is 13.1 Å². The maximum absolute atomic E-state index is 12.1. The summed E-state index contributed by atoms with van der Waals surface area (Å²) in [5, 5.41) is 2.88. The molecule has 0 spiro atoms. The lowest BCUT2D eigenvalue weighted by atomic mass is 10.1. The number of aryl methyl sites for hydroxylation is 1. The van der Waals surface area contributed by atoms with Crippen molar-refractivity contribution in [1.82, 2.24) is 10.2 Å². The van der Waals surface area contributed by atoms with Gasteiger partial charge in [-0.25, -0.2) is 0 Å². The average Bonchev–Trinajstić information content (AvgIpc) is 2.57. The number of hydrogen-bond donors (Lipinski definition) is 1. The number of rotatable bonds is 7. The standard InChI is InChI=1S/C20H24N2O2/c1-16-8-6-7-11-19(16)14-22(17(2)23)15-20(24)21-13-12-18-9-4-3-5-10-18/h3-11H,12-15H2,1-2H3,(H,21,24). The minimum absolute atomic E-state index is 0.0818. The lowest BCUT2D eigenvalue weighted by Gasteiger charge is -2.21. The van der Waals surface area contributed by atoms with Crippen molar-refractivity contribution in [2.45, 2.75) is 26.8 Å². The Kier molecular flexibility index (Phi) is 6.55. The van der Waals surface area contributed by atoms with Crippen LogP contribution in [0.25, 0.3) is 0 Å². The Morgan fingerprint density at radius 2 is 1.67 bits per heavy atom. The molecule has 0 heterocycles. The zero-order chi connectivity index (χ0) is 17.4. The summed E-state index contributed by atoms with van der Waals surface area (Å²) in [5.41, 5.74) is 3.36. The Balaban J connectivity index is 1.85. The molecule has 24 heavy (non-hydrogen) atoms. The SMILES string of the molecule is CC(=O)N(CC(=O)NCCc1ccccc1)Cc1ccccc1C. The summed E-state index contributed by atoms with van der Waals surface area (Å²) in [7, 11) is 0. The normalized spacial score (nSPS) is 10.2. The van der Waals surface area contributed by atoms with E-state index in [2.05, 4.69) is 5.32 Å². The van der Waals surface area contributed by atoms with Gasteiger partial charge in [-0.1, -0.05) is 54.6 Å². The molecular formula is C20H24N2O2. The second-order valence-electron chi connectivity index (χ2n) is 5.89. The van der Waals surface area contributed by atoms with Crippen LogP contribution in [0.15, 0.2) is 54.6 Å². The first-order valence-electron chi connectivity index (χ1n) is 8.17. The molecule has 4 heteroatoms. The summed E-state index contributed by atoms with van der Waals surface area (Å²) in [6, 6.07) is 17.9. The molecule has 0 radical (unpaired) electrons. The van der Waals surface area contributed by atoms with Crippen LogP contribution in [0.4, 0.5) is 0 Å². The molecule has 2 rings (SSSR count). The minimum Gasteiger partial charge on any atom is -0.354 e. The zero-order valence-corrected chi connectivity index (χ0v) is 14.3. The number of amides is 2. The van der Waals surface area contributed by atoms with Crippen LogP contribution in [0.2, 0.25) is 0 Å². The third-order valence-corrected chi connectivity index (χ3v) is 3.98. The monoisotopic (exact) mass is 324 g/mol. The van der Waals surface area contributed by atoms with Gasteiger partial charge in [0, 0.05) is 20.0 Å². The Bertz CT molecular complexity index is 683. The lowest BCUT2D eigenvalue weighted by molar-refractivity contribution is -0.134. The van der Waals surface area contributed by atoms with Crippen LogP contribution in [0.3, 0.4) is 0 Å². The first kappa shape index (κ1) is 17.7. The molecule has 0 aliphatic rings. The van der Waals surface area contributed by atoms with Crippen molar-refractivity contribution >= 4 is 11.8 Å². The van der Waals surface area contributed by atoms with E-state index in [1.54, 1.807) is 4.90 Å². The summed E-state index contributed by atoms with van der Waals surface area (Å²) < 4.78 is 0. The average molecular weight is 324 g/mol. The first-order chi connectivity index (χ1) is 11.6. The maximum atomic E-state index is 12.1. The van der Waals surface area contributed by atoms with Gasteiger partial charge < -0.3 is 10.2 Å². The van der Waals surface area contributed by atoms with E-state index in [1.165, 1.54) is 12.5 Å². The molecule has 0 fully saturated rings. The number of hydrogen-bond acceptors (Lipinski definition) is 2. The molecule has 0 aliphatic heterocycles. The van der Waals surface area contributed by atoms with Crippen LogP contribution in [0.1, 0.15) is 23.6 Å². The molecule has 2 aromatic rings. The van der Waals surface area contributed by atoms with Crippen molar-refractivity contribution in [3.05, 3.63) is 71.3 Å². The molecule has 0 saturated heterocycles. The highest BCUT2D eigenvalue weighted by Gasteiger charge is 2.14. The number of carbonyl (C=O) groups is 2. The van der Waals surface area contributed by atoms with Crippen molar-refractivity contribution in [2.24, 2.45) is 0 Å². The summed E-state index contributed by atoms with van der Waals surface area (Å²) in [6.07, 6.45) is 0.782. The molecule has 0 atom stereocenters. The highest BCUT2D eigenvalue weighted by molar-refractivity contribution is 5.83. The lowest BCUT2D eigenvalue weighted by Crippen LogP contribution is -2.40. The highest BCUT2D eigenvalue weighted by atomic mass is 16.2. The van der Waals surface area contributed by atoms with Crippen molar-refractivity contribution in [3.8, 4) is 0 Å². The molecule has 1 N–H and O–H groups in total. The molecule has 0 aliphatic carbocycles. The molecule has 0 unspecified atom stereocenters. The van der Waals surface area contributed by atoms with Crippen molar-refractivity contribution < 1.29 is 9.59 Å². The van der Waals surface area contributed by atoms with Crippen LogP contribution in [-0.4, -0.2) is 29.8 Å². The smallest absolute Gasteiger partial charge is 0.239 e. The number of carbonyl (C=O) groups excluding carboxylic acids is 2. The molecule has 0 saturated carbocycles. The topological polar surface area (TPSA) is 49.4 Å². The van der Waals surface area contributed by atoms with Crippen LogP contribution in [-0.2, 0) is 22.6 Å². The number of nitrogens with zero attached hydrogens (tertiary/aromatic N) is 1. The quantitative estimate of drug-likeness (QED) is 0.851. The fourth-order valence-corrected chi connectivity index (χ4v) is 2.49. The van der Waals surface area contributed by atoms with Gasteiger partial charge in [-0.2, -0.15) is 0 Å². The van der Waals surface area contributed by atoms with Gasteiger partial charge in [-0.3, -0.25) is 9.59 Å². The second-order valence-corrected chi connectivity index (χ2v) is 5.89. The van der Waals surface area contributed by atoms with Gasteiger partial charge in [0.05, 0.1) is 6.54 Å². The Morgan fingerprint density at radius 3 is 2.33 bits per heavy atom. The van der Waals surface area contributed by atoms with E-state index in [0.29, 0.717) is 13.1 Å². The Labute approximate surface area is 143 Å². The van der Waals surface area contributed by atoms with Gasteiger partial charge >= 0.3 is 0 Å². The van der Waals surface area contributed by atoms with Gasteiger partial charge in [0.15, 0.2) is 0 Å². The molecule has 2 aromatic carbocycles. The third-order valence-electron chi connectivity index (χ3n) is 3.98. The second kappa shape index (κ2) is 8.87. The van der Waals surface area contributed by atoms with Crippen LogP contribution < -0.4 is 5.32 Å². The number of benzene rings is 2. The van der Waals surface area contributed by atoms with E-state index in [1.807, 2.05) is 61.5 Å².